The van der Waals surface area contributed by atoms with Gasteiger partial charge in [-0.3, -0.25) is 9.79 Å². The third-order valence-electron chi connectivity index (χ3n) is 3.93. The van der Waals surface area contributed by atoms with Crippen LogP contribution < -0.4 is 5.32 Å². The van der Waals surface area contributed by atoms with Gasteiger partial charge in [0.05, 0.1) is 6.54 Å². The molecule has 0 spiro atoms. The van der Waals surface area contributed by atoms with Gasteiger partial charge in [0.2, 0.25) is 5.91 Å². The molecular formula is C19H33IN4O. The highest BCUT2D eigenvalue weighted by atomic mass is 127. The van der Waals surface area contributed by atoms with E-state index in [0.29, 0.717) is 13.1 Å². The summed E-state index contributed by atoms with van der Waals surface area (Å²) in [6.45, 7) is 11.5. The summed E-state index contributed by atoms with van der Waals surface area (Å²) in [6, 6.07) is 8.50. The number of guanidine groups is 1. The maximum atomic E-state index is 12.3. The fourth-order valence-corrected chi connectivity index (χ4v) is 2.58. The van der Waals surface area contributed by atoms with Gasteiger partial charge >= 0.3 is 0 Å². The van der Waals surface area contributed by atoms with Crippen LogP contribution in [0.3, 0.4) is 0 Å². The molecule has 0 heterocycles. The second-order valence-electron chi connectivity index (χ2n) is 5.90. The van der Waals surface area contributed by atoms with Crippen LogP contribution in [0, 0.1) is 6.92 Å². The van der Waals surface area contributed by atoms with E-state index < -0.39 is 0 Å². The summed E-state index contributed by atoms with van der Waals surface area (Å²) in [5, 5.41) is 3.27. The monoisotopic (exact) mass is 460 g/mol. The number of aryl methyl sites for hydroxylation is 1. The molecule has 0 aromatic heterocycles. The Bertz CT molecular complexity index is 544. The Morgan fingerprint density at radius 2 is 1.88 bits per heavy atom. The minimum atomic E-state index is 0. The van der Waals surface area contributed by atoms with Crippen LogP contribution in [0.5, 0.6) is 0 Å². The van der Waals surface area contributed by atoms with Crippen LogP contribution in [0.2, 0.25) is 0 Å². The first-order valence-electron chi connectivity index (χ1n) is 8.84. The van der Waals surface area contributed by atoms with Gasteiger partial charge in [0, 0.05) is 33.2 Å². The second-order valence-corrected chi connectivity index (χ2v) is 5.90. The van der Waals surface area contributed by atoms with E-state index in [1.165, 1.54) is 11.1 Å². The lowest BCUT2D eigenvalue weighted by Gasteiger charge is -2.25. The van der Waals surface area contributed by atoms with Gasteiger partial charge in [-0.2, -0.15) is 0 Å². The fourth-order valence-electron chi connectivity index (χ4n) is 2.58. The molecule has 142 valence electrons. The minimum Gasteiger partial charge on any atom is -0.357 e. The van der Waals surface area contributed by atoms with E-state index in [2.05, 4.69) is 41.5 Å². The third-order valence-corrected chi connectivity index (χ3v) is 3.93. The number of benzene rings is 1. The highest BCUT2D eigenvalue weighted by Crippen LogP contribution is 2.05. The number of hydrogen-bond acceptors (Lipinski definition) is 2. The average molecular weight is 460 g/mol. The number of halogens is 1. The van der Waals surface area contributed by atoms with Crippen LogP contribution in [-0.2, 0) is 11.2 Å². The zero-order chi connectivity index (χ0) is 17.9. The smallest absolute Gasteiger partial charge is 0.242 e. The highest BCUT2D eigenvalue weighted by molar-refractivity contribution is 14.0. The van der Waals surface area contributed by atoms with E-state index in [1.807, 2.05) is 37.6 Å². The Hall–Kier alpha value is -1.31. The first-order chi connectivity index (χ1) is 11.5. The Kier molecular flexibility index (Phi) is 12.3. The van der Waals surface area contributed by atoms with Crippen LogP contribution in [0.1, 0.15) is 31.9 Å². The number of amides is 1. The molecule has 0 saturated heterocycles. The number of nitrogens with one attached hydrogen (secondary N) is 1. The predicted octanol–water partition coefficient (Wildman–Crippen LogP) is 2.92. The van der Waals surface area contributed by atoms with Crippen LogP contribution >= 0.6 is 24.0 Å². The molecule has 0 aliphatic rings. The van der Waals surface area contributed by atoms with E-state index in [1.54, 1.807) is 0 Å². The molecule has 1 aromatic carbocycles. The SMILES string of the molecule is CCNC(=NCCc1cccc(C)c1)N(C)CC(=O)N(CC)CC.I. The summed E-state index contributed by atoms with van der Waals surface area (Å²) >= 11 is 0. The summed E-state index contributed by atoms with van der Waals surface area (Å²) in [5.41, 5.74) is 2.56. The van der Waals surface area contributed by atoms with Crippen molar-refractivity contribution >= 4 is 35.8 Å². The molecule has 5 nitrogen and oxygen atoms in total. The normalized spacial score (nSPS) is 10.8. The van der Waals surface area contributed by atoms with E-state index in [0.717, 1.165) is 32.0 Å². The quantitative estimate of drug-likeness (QED) is 0.369. The lowest BCUT2D eigenvalue weighted by atomic mass is 10.1. The van der Waals surface area contributed by atoms with Gasteiger partial charge in [0.25, 0.3) is 0 Å². The van der Waals surface area contributed by atoms with Crippen molar-refractivity contribution in [2.24, 2.45) is 4.99 Å². The van der Waals surface area contributed by atoms with Gasteiger partial charge in [0.15, 0.2) is 5.96 Å². The largest absolute Gasteiger partial charge is 0.357 e. The van der Waals surface area contributed by atoms with E-state index in [9.17, 15) is 4.79 Å². The van der Waals surface area contributed by atoms with Crippen LogP contribution in [0.4, 0.5) is 0 Å². The maximum absolute atomic E-state index is 12.3. The molecule has 1 N–H and O–H groups in total. The van der Waals surface area contributed by atoms with Crippen molar-refractivity contribution in [3.8, 4) is 0 Å². The van der Waals surface area contributed by atoms with Crippen LogP contribution in [0.25, 0.3) is 0 Å². The fraction of sp³-hybridized carbons (Fsp3) is 0.579. The van der Waals surface area contributed by atoms with Crippen molar-refractivity contribution in [2.75, 3.05) is 39.8 Å². The lowest BCUT2D eigenvalue weighted by molar-refractivity contribution is -0.131. The number of carbonyl (C=O) groups is 1. The standard InChI is InChI=1S/C19H32N4O.HI/c1-6-20-19(22(5)15-18(24)23(7-2)8-3)21-13-12-17-11-9-10-16(4)14-17;/h9-11,14H,6-8,12-13,15H2,1-5H3,(H,20,21);1H. The van der Waals surface area contributed by atoms with Crippen LogP contribution in [-0.4, -0.2) is 61.4 Å². The lowest BCUT2D eigenvalue weighted by Crippen LogP contribution is -2.45. The van der Waals surface area contributed by atoms with Crippen molar-refractivity contribution in [3.05, 3.63) is 35.4 Å². The molecule has 0 fully saturated rings. The Morgan fingerprint density at radius 1 is 1.20 bits per heavy atom. The summed E-state index contributed by atoms with van der Waals surface area (Å²) in [5.74, 6) is 0.914. The minimum absolute atomic E-state index is 0. The number of likely N-dealkylation sites (N-methyl/N-ethyl adjacent to an activating group) is 2. The molecule has 0 atom stereocenters. The average Bonchev–Trinajstić information content (AvgIpc) is 2.55. The molecule has 25 heavy (non-hydrogen) atoms. The Balaban J connectivity index is 0.00000576. The van der Waals surface area contributed by atoms with Crippen molar-refractivity contribution in [2.45, 2.75) is 34.1 Å². The number of rotatable bonds is 8. The summed E-state index contributed by atoms with van der Waals surface area (Å²) in [6.07, 6.45) is 0.897. The molecule has 1 aromatic rings. The van der Waals surface area contributed by atoms with E-state index in [4.69, 9.17) is 0 Å². The van der Waals surface area contributed by atoms with Gasteiger partial charge in [-0.15, -0.1) is 24.0 Å². The zero-order valence-electron chi connectivity index (χ0n) is 16.2. The molecule has 0 saturated carbocycles. The predicted molar refractivity (Wildman–Crippen MR) is 117 cm³/mol. The van der Waals surface area contributed by atoms with Crippen molar-refractivity contribution in [3.63, 3.8) is 0 Å². The molecular weight excluding hydrogens is 427 g/mol. The summed E-state index contributed by atoms with van der Waals surface area (Å²) < 4.78 is 0. The summed E-state index contributed by atoms with van der Waals surface area (Å²) in [4.78, 5) is 20.7. The van der Waals surface area contributed by atoms with Gasteiger partial charge in [-0.05, 0) is 39.7 Å². The van der Waals surface area contributed by atoms with Gasteiger partial charge < -0.3 is 15.1 Å². The van der Waals surface area contributed by atoms with Crippen molar-refractivity contribution in [1.82, 2.24) is 15.1 Å². The number of hydrogen-bond donors (Lipinski definition) is 1. The summed E-state index contributed by atoms with van der Waals surface area (Å²) in [7, 11) is 1.91. The molecule has 0 aliphatic carbocycles. The Morgan fingerprint density at radius 3 is 2.44 bits per heavy atom. The van der Waals surface area contributed by atoms with Gasteiger partial charge in [0.1, 0.15) is 0 Å². The van der Waals surface area contributed by atoms with Gasteiger partial charge in [-0.25, -0.2) is 0 Å². The van der Waals surface area contributed by atoms with Crippen molar-refractivity contribution < 1.29 is 4.79 Å². The molecule has 6 heteroatoms. The maximum Gasteiger partial charge on any atom is 0.242 e. The molecule has 0 unspecified atom stereocenters. The highest BCUT2D eigenvalue weighted by Gasteiger charge is 2.14. The first kappa shape index (κ1) is 23.7. The molecule has 0 bridgehead atoms. The number of aliphatic imine (C=N–C) groups is 1. The second kappa shape index (κ2) is 13.0. The van der Waals surface area contributed by atoms with E-state index in [-0.39, 0.29) is 29.9 Å². The molecule has 1 amide bonds. The van der Waals surface area contributed by atoms with Crippen LogP contribution in [0.15, 0.2) is 29.3 Å². The topological polar surface area (TPSA) is 47.9 Å². The van der Waals surface area contributed by atoms with Crippen molar-refractivity contribution in [1.29, 1.82) is 0 Å². The third kappa shape index (κ3) is 8.56. The zero-order valence-corrected chi connectivity index (χ0v) is 18.5. The van der Waals surface area contributed by atoms with E-state index >= 15 is 0 Å². The first-order valence-corrected chi connectivity index (χ1v) is 8.84. The number of nitrogens with zero attached hydrogens (tertiary/aromatic N) is 3. The van der Waals surface area contributed by atoms with Gasteiger partial charge in [-0.1, -0.05) is 29.8 Å². The Labute approximate surface area is 169 Å². The molecule has 0 aliphatic heterocycles. The number of carbonyl (C=O) groups excluding carboxylic acids is 1. The molecule has 1 rings (SSSR count). The molecule has 0 radical (unpaired) electrons.